The number of carbonyl (C=O) groups excluding carboxylic acids is 1. The van der Waals surface area contributed by atoms with Crippen LogP contribution in [0.15, 0.2) is 10.7 Å². The number of nitrogens with zero attached hydrogens (tertiary/aromatic N) is 3. The fourth-order valence-corrected chi connectivity index (χ4v) is 2.77. The molecule has 0 aromatic carbocycles. The fraction of sp³-hybridized carbons (Fsp3) is 0.583. The highest BCUT2D eigenvalue weighted by Crippen LogP contribution is 2.25. The third kappa shape index (κ3) is 2.80. The largest absolute Gasteiger partial charge is 0.357 e. The van der Waals surface area contributed by atoms with E-state index in [1.165, 1.54) is 0 Å². The van der Waals surface area contributed by atoms with Crippen LogP contribution in [0.5, 0.6) is 0 Å². The van der Waals surface area contributed by atoms with Gasteiger partial charge in [-0.15, -0.1) is 0 Å². The number of likely N-dealkylation sites (N-methyl/N-ethyl adjacent to an activating group) is 1. The number of aryl methyl sites for hydroxylation is 1. The van der Waals surface area contributed by atoms with Crippen LogP contribution in [-0.4, -0.2) is 35.5 Å². The number of amides is 1. The van der Waals surface area contributed by atoms with E-state index in [0.717, 1.165) is 36.2 Å². The van der Waals surface area contributed by atoms with Crippen molar-refractivity contribution in [3.63, 3.8) is 0 Å². The Bertz CT molecular complexity index is 431. The highest BCUT2D eigenvalue weighted by molar-refractivity contribution is 9.10. The van der Waals surface area contributed by atoms with Crippen molar-refractivity contribution in [2.24, 2.45) is 0 Å². The average Bonchev–Trinajstić information content (AvgIpc) is 2.36. The molecule has 0 saturated carbocycles. The van der Waals surface area contributed by atoms with Crippen molar-refractivity contribution in [3.8, 4) is 0 Å². The molecule has 98 valence electrons. The molecule has 1 saturated heterocycles. The molecular weight excluding hydrogens is 296 g/mol. The van der Waals surface area contributed by atoms with E-state index in [2.05, 4.69) is 36.1 Å². The molecule has 1 amide bonds. The third-order valence-electron chi connectivity index (χ3n) is 3.14. The van der Waals surface area contributed by atoms with Crippen LogP contribution in [0.2, 0.25) is 0 Å². The second-order valence-corrected chi connectivity index (χ2v) is 5.23. The Kier molecular flexibility index (Phi) is 4.16. The van der Waals surface area contributed by atoms with Gasteiger partial charge in [-0.2, -0.15) is 0 Å². The van der Waals surface area contributed by atoms with Crippen molar-refractivity contribution < 1.29 is 4.79 Å². The van der Waals surface area contributed by atoms with Gasteiger partial charge in [-0.05, 0) is 42.1 Å². The van der Waals surface area contributed by atoms with Crippen LogP contribution in [0.25, 0.3) is 0 Å². The molecule has 1 aromatic rings. The van der Waals surface area contributed by atoms with Gasteiger partial charge in [-0.3, -0.25) is 4.79 Å². The summed E-state index contributed by atoms with van der Waals surface area (Å²) in [4.78, 5) is 22.6. The minimum Gasteiger partial charge on any atom is -0.357 e. The maximum absolute atomic E-state index is 11.9. The summed E-state index contributed by atoms with van der Waals surface area (Å²) < 4.78 is 0.756. The van der Waals surface area contributed by atoms with Gasteiger partial charge in [0.1, 0.15) is 22.3 Å². The number of carbonyl (C=O) groups is 1. The average molecular weight is 313 g/mol. The molecule has 1 aliphatic heterocycles. The molecular formula is C12H17BrN4O. The van der Waals surface area contributed by atoms with Crippen molar-refractivity contribution in [2.45, 2.75) is 32.2 Å². The fourth-order valence-electron chi connectivity index (χ4n) is 2.31. The summed E-state index contributed by atoms with van der Waals surface area (Å²) in [6.07, 6.45) is 3.05. The Hall–Kier alpha value is -1.17. The maximum atomic E-state index is 11.9. The van der Waals surface area contributed by atoms with Crippen LogP contribution >= 0.6 is 15.9 Å². The Morgan fingerprint density at radius 2 is 2.28 bits per heavy atom. The zero-order valence-electron chi connectivity index (χ0n) is 10.6. The zero-order valence-corrected chi connectivity index (χ0v) is 12.2. The zero-order chi connectivity index (χ0) is 13.1. The van der Waals surface area contributed by atoms with E-state index >= 15 is 0 Å². The van der Waals surface area contributed by atoms with E-state index in [-0.39, 0.29) is 11.9 Å². The Balaban J connectivity index is 2.30. The van der Waals surface area contributed by atoms with E-state index in [1.807, 2.05) is 13.0 Å². The van der Waals surface area contributed by atoms with Gasteiger partial charge in [-0.1, -0.05) is 0 Å². The number of anilines is 1. The molecule has 1 unspecified atom stereocenters. The predicted molar refractivity (Wildman–Crippen MR) is 73.5 cm³/mol. The molecule has 6 heteroatoms. The molecule has 1 N–H and O–H groups in total. The van der Waals surface area contributed by atoms with Crippen LogP contribution in [0.4, 0.5) is 5.82 Å². The van der Waals surface area contributed by atoms with Crippen molar-refractivity contribution in [1.82, 2.24) is 15.3 Å². The quantitative estimate of drug-likeness (QED) is 0.844. The lowest BCUT2D eigenvalue weighted by Crippen LogP contribution is -2.49. The number of aromatic nitrogens is 2. The van der Waals surface area contributed by atoms with Gasteiger partial charge >= 0.3 is 0 Å². The molecule has 0 aliphatic carbocycles. The minimum atomic E-state index is -0.120. The molecule has 5 nitrogen and oxygen atoms in total. The number of halogens is 1. The van der Waals surface area contributed by atoms with Crippen LogP contribution in [0, 0.1) is 6.92 Å². The Morgan fingerprint density at radius 3 is 2.94 bits per heavy atom. The first-order chi connectivity index (χ1) is 8.61. The number of hydrogen-bond acceptors (Lipinski definition) is 4. The Labute approximate surface area is 115 Å². The van der Waals surface area contributed by atoms with Gasteiger partial charge in [0.05, 0.1) is 0 Å². The minimum absolute atomic E-state index is 0.0575. The summed E-state index contributed by atoms with van der Waals surface area (Å²) in [6.45, 7) is 2.72. The molecule has 0 bridgehead atoms. The highest BCUT2D eigenvalue weighted by atomic mass is 79.9. The number of hydrogen-bond donors (Lipinski definition) is 1. The van der Waals surface area contributed by atoms with Gasteiger partial charge in [-0.25, -0.2) is 9.97 Å². The molecule has 18 heavy (non-hydrogen) atoms. The van der Waals surface area contributed by atoms with Crippen molar-refractivity contribution in [1.29, 1.82) is 0 Å². The molecule has 1 aromatic heterocycles. The molecule has 0 radical (unpaired) electrons. The lowest BCUT2D eigenvalue weighted by atomic mass is 10.0. The molecule has 1 fully saturated rings. The standard InChI is InChI=1S/C12H17BrN4O/c1-8-15-10(13)7-11(16-8)17-6-4-3-5-9(17)12(18)14-2/h7,9H,3-6H2,1-2H3,(H,14,18). The van der Waals surface area contributed by atoms with Gasteiger partial charge in [0.25, 0.3) is 0 Å². The van der Waals surface area contributed by atoms with Crippen LogP contribution in [0.3, 0.4) is 0 Å². The third-order valence-corrected chi connectivity index (χ3v) is 3.55. The molecule has 1 aliphatic rings. The first-order valence-electron chi connectivity index (χ1n) is 6.11. The van der Waals surface area contributed by atoms with Gasteiger partial charge < -0.3 is 10.2 Å². The van der Waals surface area contributed by atoms with Crippen LogP contribution in [0.1, 0.15) is 25.1 Å². The lowest BCUT2D eigenvalue weighted by molar-refractivity contribution is -0.122. The summed E-state index contributed by atoms with van der Waals surface area (Å²) >= 11 is 3.38. The lowest BCUT2D eigenvalue weighted by Gasteiger charge is -2.35. The van der Waals surface area contributed by atoms with Crippen molar-refractivity contribution in [2.75, 3.05) is 18.5 Å². The smallest absolute Gasteiger partial charge is 0.242 e. The van der Waals surface area contributed by atoms with E-state index in [1.54, 1.807) is 7.05 Å². The van der Waals surface area contributed by atoms with E-state index in [0.29, 0.717) is 5.82 Å². The summed E-state index contributed by atoms with van der Waals surface area (Å²) in [5.41, 5.74) is 0. The number of piperidine rings is 1. The number of nitrogens with one attached hydrogen (secondary N) is 1. The summed E-state index contributed by atoms with van der Waals surface area (Å²) in [6, 6.07) is 1.75. The number of rotatable bonds is 2. The highest BCUT2D eigenvalue weighted by Gasteiger charge is 2.29. The van der Waals surface area contributed by atoms with E-state index in [4.69, 9.17) is 0 Å². The molecule has 0 spiro atoms. The van der Waals surface area contributed by atoms with Crippen LogP contribution in [-0.2, 0) is 4.79 Å². The van der Waals surface area contributed by atoms with Gasteiger partial charge in [0, 0.05) is 19.7 Å². The molecule has 1 atom stereocenters. The normalized spacial score (nSPS) is 19.7. The first kappa shape index (κ1) is 13.3. The van der Waals surface area contributed by atoms with Crippen LogP contribution < -0.4 is 10.2 Å². The first-order valence-corrected chi connectivity index (χ1v) is 6.90. The van der Waals surface area contributed by atoms with E-state index < -0.39 is 0 Å². The summed E-state index contributed by atoms with van der Waals surface area (Å²) in [5, 5.41) is 2.73. The maximum Gasteiger partial charge on any atom is 0.242 e. The topological polar surface area (TPSA) is 58.1 Å². The summed E-state index contributed by atoms with van der Waals surface area (Å²) in [7, 11) is 1.68. The molecule has 2 rings (SSSR count). The predicted octanol–water partition coefficient (Wildman–Crippen LogP) is 1.65. The van der Waals surface area contributed by atoms with Crippen molar-refractivity contribution in [3.05, 3.63) is 16.5 Å². The Morgan fingerprint density at radius 1 is 1.50 bits per heavy atom. The van der Waals surface area contributed by atoms with Gasteiger partial charge in [0.2, 0.25) is 5.91 Å². The van der Waals surface area contributed by atoms with Gasteiger partial charge in [0.15, 0.2) is 0 Å². The van der Waals surface area contributed by atoms with Crippen molar-refractivity contribution >= 4 is 27.7 Å². The second kappa shape index (κ2) is 5.65. The SMILES string of the molecule is CNC(=O)C1CCCCN1c1cc(Br)nc(C)n1. The summed E-state index contributed by atoms with van der Waals surface area (Å²) in [5.74, 6) is 1.59. The molecule has 2 heterocycles. The monoisotopic (exact) mass is 312 g/mol. The second-order valence-electron chi connectivity index (χ2n) is 4.42. The van der Waals surface area contributed by atoms with E-state index in [9.17, 15) is 4.79 Å².